The van der Waals surface area contributed by atoms with E-state index in [4.69, 9.17) is 16.7 Å². The summed E-state index contributed by atoms with van der Waals surface area (Å²) in [4.78, 5) is 14.1. The van der Waals surface area contributed by atoms with Crippen LogP contribution in [0.4, 0.5) is 5.69 Å². The van der Waals surface area contributed by atoms with Crippen LogP contribution < -0.4 is 4.72 Å². The van der Waals surface area contributed by atoms with E-state index in [2.05, 4.69) is 14.8 Å². The summed E-state index contributed by atoms with van der Waals surface area (Å²) in [5.41, 5.74) is 0.125. The zero-order valence-corrected chi connectivity index (χ0v) is 11.5. The second kappa shape index (κ2) is 5.47. The summed E-state index contributed by atoms with van der Waals surface area (Å²) in [7, 11) is -3.90. The van der Waals surface area contributed by atoms with E-state index in [9.17, 15) is 13.2 Å². The van der Waals surface area contributed by atoms with Crippen LogP contribution in [0.2, 0.25) is 5.15 Å². The molecule has 2 N–H and O–H groups in total. The number of nitrogens with one attached hydrogen (secondary N) is 1. The molecule has 0 saturated carbocycles. The van der Waals surface area contributed by atoms with Gasteiger partial charge in [-0.15, -0.1) is 0 Å². The summed E-state index contributed by atoms with van der Waals surface area (Å²) in [5.74, 6) is -1.12. The predicted molar refractivity (Wildman–Crippen MR) is 69.9 cm³/mol. The summed E-state index contributed by atoms with van der Waals surface area (Å²) in [6.45, 7) is -0.427. The highest BCUT2D eigenvalue weighted by Gasteiger charge is 2.18. The molecule has 2 aromatic heterocycles. The van der Waals surface area contributed by atoms with E-state index in [1.807, 2.05) is 0 Å². The number of halogens is 1. The van der Waals surface area contributed by atoms with E-state index < -0.39 is 22.5 Å². The lowest BCUT2D eigenvalue weighted by atomic mass is 10.4. The zero-order valence-electron chi connectivity index (χ0n) is 9.89. The summed E-state index contributed by atoms with van der Waals surface area (Å²) < 4.78 is 27.4. The summed E-state index contributed by atoms with van der Waals surface area (Å²) in [6.07, 6.45) is 3.58. The van der Waals surface area contributed by atoms with Crippen molar-refractivity contribution in [2.75, 3.05) is 4.72 Å². The molecular weight excluding hydrogens is 308 g/mol. The van der Waals surface area contributed by atoms with E-state index in [1.165, 1.54) is 18.3 Å². The SMILES string of the molecule is O=C(O)Cn1cc(S(=O)(=O)Nc2cccnc2Cl)cn1. The van der Waals surface area contributed by atoms with Gasteiger partial charge >= 0.3 is 5.97 Å². The lowest BCUT2D eigenvalue weighted by Crippen LogP contribution is -2.13. The predicted octanol–water partition coefficient (Wildman–Crippen LogP) is 0.817. The van der Waals surface area contributed by atoms with Crippen molar-refractivity contribution in [2.45, 2.75) is 11.4 Å². The summed E-state index contributed by atoms with van der Waals surface area (Å²) >= 11 is 5.76. The highest BCUT2D eigenvalue weighted by Crippen LogP contribution is 2.21. The maximum Gasteiger partial charge on any atom is 0.325 e. The molecule has 0 unspecified atom stereocenters. The largest absolute Gasteiger partial charge is 0.480 e. The Hall–Kier alpha value is -2.13. The molecule has 0 aliphatic carbocycles. The van der Waals surface area contributed by atoms with Crippen LogP contribution in [0.5, 0.6) is 0 Å². The Morgan fingerprint density at radius 3 is 2.90 bits per heavy atom. The van der Waals surface area contributed by atoms with Crippen molar-refractivity contribution in [2.24, 2.45) is 0 Å². The first kappa shape index (κ1) is 14.3. The first-order valence-electron chi connectivity index (χ1n) is 5.26. The highest BCUT2D eigenvalue weighted by molar-refractivity contribution is 7.92. The van der Waals surface area contributed by atoms with Crippen LogP contribution >= 0.6 is 11.6 Å². The van der Waals surface area contributed by atoms with Crippen LogP contribution in [0.3, 0.4) is 0 Å². The second-order valence-corrected chi connectivity index (χ2v) is 5.76. The quantitative estimate of drug-likeness (QED) is 0.789. The number of anilines is 1. The minimum Gasteiger partial charge on any atom is -0.480 e. The van der Waals surface area contributed by atoms with Crippen molar-refractivity contribution >= 4 is 33.3 Å². The second-order valence-electron chi connectivity index (χ2n) is 3.71. The van der Waals surface area contributed by atoms with Crippen molar-refractivity contribution in [3.63, 3.8) is 0 Å². The Morgan fingerprint density at radius 1 is 1.50 bits per heavy atom. The minimum atomic E-state index is -3.90. The van der Waals surface area contributed by atoms with Crippen LogP contribution in [-0.4, -0.2) is 34.3 Å². The Morgan fingerprint density at radius 2 is 2.25 bits per heavy atom. The molecule has 0 aliphatic heterocycles. The molecular formula is C10H9ClN4O4S. The Balaban J connectivity index is 2.25. The van der Waals surface area contributed by atoms with E-state index in [0.717, 1.165) is 17.1 Å². The number of hydrogen-bond acceptors (Lipinski definition) is 5. The first-order chi connectivity index (χ1) is 9.38. The van der Waals surface area contributed by atoms with Gasteiger partial charge in [-0.3, -0.25) is 14.2 Å². The third-order valence-corrected chi connectivity index (χ3v) is 3.84. The molecule has 106 valence electrons. The molecule has 20 heavy (non-hydrogen) atoms. The van der Waals surface area contributed by atoms with E-state index in [-0.39, 0.29) is 15.7 Å². The molecule has 0 radical (unpaired) electrons. The van der Waals surface area contributed by atoms with Gasteiger partial charge in [0.15, 0.2) is 5.15 Å². The average molecular weight is 317 g/mol. The molecule has 0 aromatic carbocycles. The van der Waals surface area contributed by atoms with E-state index >= 15 is 0 Å². The van der Waals surface area contributed by atoms with Crippen LogP contribution in [0, 0.1) is 0 Å². The third kappa shape index (κ3) is 3.25. The maximum absolute atomic E-state index is 12.1. The van der Waals surface area contributed by atoms with Gasteiger partial charge in [0.25, 0.3) is 10.0 Å². The molecule has 2 rings (SSSR count). The molecule has 0 fully saturated rings. The molecule has 8 nitrogen and oxygen atoms in total. The van der Waals surface area contributed by atoms with Crippen LogP contribution in [0.15, 0.2) is 35.6 Å². The lowest BCUT2D eigenvalue weighted by molar-refractivity contribution is -0.137. The maximum atomic E-state index is 12.1. The fourth-order valence-electron chi connectivity index (χ4n) is 1.37. The number of carboxylic acids is 1. The lowest BCUT2D eigenvalue weighted by Gasteiger charge is -2.06. The number of aliphatic carboxylic acids is 1. The zero-order chi connectivity index (χ0) is 14.8. The van der Waals surface area contributed by atoms with Gasteiger partial charge in [-0.2, -0.15) is 5.10 Å². The molecule has 0 atom stereocenters. The molecule has 0 saturated heterocycles. The number of hydrogen-bond donors (Lipinski definition) is 2. The van der Waals surface area contributed by atoms with Gasteiger partial charge in [-0.1, -0.05) is 11.6 Å². The number of aromatic nitrogens is 3. The Labute approximate surface area is 119 Å². The minimum absolute atomic E-state index is 0.00834. The fraction of sp³-hybridized carbons (Fsp3) is 0.100. The number of rotatable bonds is 5. The van der Waals surface area contributed by atoms with Crippen molar-refractivity contribution in [3.05, 3.63) is 35.9 Å². The number of pyridine rings is 1. The van der Waals surface area contributed by atoms with Crippen molar-refractivity contribution in [1.29, 1.82) is 0 Å². The van der Waals surface area contributed by atoms with Gasteiger partial charge in [0.05, 0.1) is 11.9 Å². The molecule has 0 spiro atoms. The van der Waals surface area contributed by atoms with Gasteiger partial charge in [0.1, 0.15) is 11.4 Å². The van der Waals surface area contributed by atoms with Gasteiger partial charge in [0.2, 0.25) is 0 Å². The number of carbonyl (C=O) groups is 1. The van der Waals surface area contributed by atoms with Crippen molar-refractivity contribution < 1.29 is 18.3 Å². The van der Waals surface area contributed by atoms with Crippen LogP contribution in [0.1, 0.15) is 0 Å². The van der Waals surface area contributed by atoms with Gasteiger partial charge in [-0.25, -0.2) is 13.4 Å². The van der Waals surface area contributed by atoms with E-state index in [1.54, 1.807) is 0 Å². The average Bonchev–Trinajstić information content (AvgIpc) is 2.80. The van der Waals surface area contributed by atoms with Gasteiger partial charge in [-0.05, 0) is 12.1 Å². The van der Waals surface area contributed by atoms with Crippen LogP contribution in [0.25, 0.3) is 0 Å². The van der Waals surface area contributed by atoms with Gasteiger partial charge in [0, 0.05) is 12.4 Å². The smallest absolute Gasteiger partial charge is 0.325 e. The molecule has 0 aliphatic rings. The molecule has 10 heteroatoms. The molecule has 2 aromatic rings. The number of sulfonamides is 1. The molecule has 0 bridgehead atoms. The summed E-state index contributed by atoms with van der Waals surface area (Å²) in [6, 6.07) is 2.98. The third-order valence-electron chi connectivity index (χ3n) is 2.22. The standard InChI is InChI=1S/C10H9ClN4O4S/c11-10-8(2-1-3-12-10)14-20(18,19)7-4-13-15(5-7)6-9(16)17/h1-5,14H,6H2,(H,16,17). The number of nitrogens with zero attached hydrogens (tertiary/aromatic N) is 3. The molecule has 0 amide bonds. The Bertz CT molecular complexity index is 743. The monoisotopic (exact) mass is 316 g/mol. The number of carboxylic acid groups (broad SMARTS) is 1. The topological polar surface area (TPSA) is 114 Å². The highest BCUT2D eigenvalue weighted by atomic mass is 35.5. The van der Waals surface area contributed by atoms with Crippen LogP contribution in [-0.2, 0) is 21.4 Å². The first-order valence-corrected chi connectivity index (χ1v) is 7.12. The van der Waals surface area contributed by atoms with E-state index in [0.29, 0.717) is 0 Å². The van der Waals surface area contributed by atoms with Gasteiger partial charge < -0.3 is 5.11 Å². The van der Waals surface area contributed by atoms with Crippen molar-refractivity contribution in [1.82, 2.24) is 14.8 Å². The normalized spacial score (nSPS) is 11.2. The fourth-order valence-corrected chi connectivity index (χ4v) is 2.62. The Kier molecular flexibility index (Phi) is 3.91. The summed E-state index contributed by atoms with van der Waals surface area (Å²) in [5, 5.41) is 12.3. The molecule has 2 heterocycles. The van der Waals surface area contributed by atoms with Crippen molar-refractivity contribution in [3.8, 4) is 0 Å².